The Kier molecular flexibility index (Phi) is 4.31. The molecule has 112 valence electrons. The fourth-order valence-corrected chi connectivity index (χ4v) is 3.80. The molecule has 21 heavy (non-hydrogen) atoms. The summed E-state index contributed by atoms with van der Waals surface area (Å²) in [7, 11) is 0. The highest BCUT2D eigenvalue weighted by molar-refractivity contribution is 7.10. The highest BCUT2D eigenvalue weighted by Crippen LogP contribution is 2.20. The van der Waals surface area contributed by atoms with E-state index in [1.807, 2.05) is 18.4 Å². The second kappa shape index (κ2) is 6.20. The highest BCUT2D eigenvalue weighted by Gasteiger charge is 2.21. The molecule has 1 aliphatic heterocycles. The van der Waals surface area contributed by atoms with Gasteiger partial charge in [-0.15, -0.1) is 11.3 Å². The second-order valence-corrected chi connectivity index (χ2v) is 6.92. The zero-order chi connectivity index (χ0) is 14.8. The molecule has 3 heterocycles. The summed E-state index contributed by atoms with van der Waals surface area (Å²) in [5, 5.41) is 5.79. The number of fused-ring (bicyclic) bond motifs is 1. The molecule has 0 aromatic carbocycles. The number of nitrogens with one attached hydrogen (secondary N) is 1. The summed E-state index contributed by atoms with van der Waals surface area (Å²) in [5.74, 6) is 1.25. The van der Waals surface area contributed by atoms with Gasteiger partial charge in [0.15, 0.2) is 0 Å². The van der Waals surface area contributed by atoms with Crippen LogP contribution in [0.3, 0.4) is 0 Å². The summed E-state index contributed by atoms with van der Waals surface area (Å²) < 4.78 is 2.16. The molecule has 6 heteroatoms. The van der Waals surface area contributed by atoms with Gasteiger partial charge in [-0.25, -0.2) is 4.98 Å². The van der Waals surface area contributed by atoms with Crippen molar-refractivity contribution in [2.45, 2.75) is 45.2 Å². The first kappa shape index (κ1) is 14.6. The number of thiophene rings is 1. The zero-order valence-electron chi connectivity index (χ0n) is 11.9. The number of aryl methyl sites for hydroxylation is 3. The van der Waals surface area contributed by atoms with E-state index in [1.54, 1.807) is 11.3 Å². The van der Waals surface area contributed by atoms with Crippen molar-refractivity contribution in [3.05, 3.63) is 39.1 Å². The quantitative estimate of drug-likeness (QED) is 0.940. The van der Waals surface area contributed by atoms with E-state index in [4.69, 9.17) is 11.6 Å². The third-order valence-corrected chi connectivity index (χ3v) is 5.04. The number of amides is 1. The Morgan fingerprint density at radius 2 is 2.48 bits per heavy atom. The van der Waals surface area contributed by atoms with Gasteiger partial charge in [0, 0.05) is 41.9 Å². The minimum absolute atomic E-state index is 0.116. The monoisotopic (exact) mass is 323 g/mol. The molecule has 2 aromatic rings. The molecular weight excluding hydrogens is 306 g/mol. The van der Waals surface area contributed by atoms with Crippen LogP contribution in [0.25, 0.3) is 0 Å². The van der Waals surface area contributed by atoms with Gasteiger partial charge in [-0.3, -0.25) is 4.79 Å². The van der Waals surface area contributed by atoms with Gasteiger partial charge in [-0.2, -0.15) is 0 Å². The fourth-order valence-electron chi connectivity index (χ4n) is 2.73. The first-order valence-electron chi connectivity index (χ1n) is 7.15. The average molecular weight is 324 g/mol. The van der Waals surface area contributed by atoms with Crippen LogP contribution < -0.4 is 5.32 Å². The van der Waals surface area contributed by atoms with Gasteiger partial charge in [-0.1, -0.05) is 11.6 Å². The van der Waals surface area contributed by atoms with E-state index in [0.29, 0.717) is 6.42 Å². The van der Waals surface area contributed by atoms with Gasteiger partial charge in [0.05, 0.1) is 10.7 Å². The summed E-state index contributed by atoms with van der Waals surface area (Å²) in [5.41, 5.74) is 1.05. The minimum Gasteiger partial charge on any atom is -0.352 e. The van der Waals surface area contributed by atoms with Crippen LogP contribution >= 0.6 is 22.9 Å². The molecule has 1 N–H and O–H groups in total. The fraction of sp³-hybridized carbons (Fsp3) is 0.467. The molecule has 3 rings (SSSR count). The third-order valence-electron chi connectivity index (χ3n) is 3.70. The molecule has 0 radical (unpaired) electrons. The molecule has 0 bridgehead atoms. The van der Waals surface area contributed by atoms with Crippen molar-refractivity contribution in [1.29, 1.82) is 0 Å². The first-order valence-corrected chi connectivity index (χ1v) is 8.41. The predicted molar refractivity (Wildman–Crippen MR) is 84.9 cm³/mol. The topological polar surface area (TPSA) is 46.9 Å². The number of aromatic nitrogens is 2. The zero-order valence-corrected chi connectivity index (χ0v) is 13.5. The molecule has 4 nitrogen and oxygen atoms in total. The molecule has 0 saturated carbocycles. The van der Waals surface area contributed by atoms with Crippen molar-refractivity contribution < 1.29 is 4.79 Å². The van der Waals surface area contributed by atoms with E-state index in [9.17, 15) is 4.79 Å². The van der Waals surface area contributed by atoms with Crippen molar-refractivity contribution in [1.82, 2.24) is 14.9 Å². The third kappa shape index (κ3) is 3.66. The van der Waals surface area contributed by atoms with Crippen LogP contribution in [0.5, 0.6) is 0 Å². The van der Waals surface area contributed by atoms with Crippen molar-refractivity contribution >= 4 is 28.8 Å². The number of carbonyl (C=O) groups excluding carboxylic acids is 1. The maximum absolute atomic E-state index is 12.0. The molecule has 0 aliphatic carbocycles. The molecule has 0 saturated heterocycles. The van der Waals surface area contributed by atoms with Crippen molar-refractivity contribution in [2.75, 3.05) is 0 Å². The van der Waals surface area contributed by atoms with E-state index in [-0.39, 0.29) is 11.9 Å². The number of hydrogen-bond donors (Lipinski definition) is 1. The number of hydrogen-bond acceptors (Lipinski definition) is 3. The molecule has 1 atom stereocenters. The van der Waals surface area contributed by atoms with Crippen LogP contribution in [0.4, 0.5) is 0 Å². The lowest BCUT2D eigenvalue weighted by Crippen LogP contribution is -2.40. The lowest BCUT2D eigenvalue weighted by atomic mass is 10.1. The first-order chi connectivity index (χ1) is 10.1. The lowest BCUT2D eigenvalue weighted by Gasteiger charge is -2.24. The number of halogens is 1. The predicted octanol–water partition coefficient (Wildman–Crippen LogP) is 2.97. The van der Waals surface area contributed by atoms with Crippen LogP contribution in [0.1, 0.15) is 29.2 Å². The van der Waals surface area contributed by atoms with Crippen molar-refractivity contribution in [3.8, 4) is 0 Å². The molecule has 1 aliphatic rings. The summed E-state index contributed by atoms with van der Waals surface area (Å²) >= 11 is 7.49. The standard InChI is InChI=1S/C15H18ClN3OS/c1-10-7-19-8-12(2-4-14(19)17-10)18-15(20)5-3-13-6-11(16)9-21-13/h6-7,9,12H,2-5,8H2,1H3,(H,18,20)/t12-/m0/s1. The Morgan fingerprint density at radius 3 is 3.24 bits per heavy atom. The number of imidazole rings is 1. The average Bonchev–Trinajstić information content (AvgIpc) is 3.01. The Bertz CT molecular complexity index is 649. The Hall–Kier alpha value is -1.33. The van der Waals surface area contributed by atoms with Crippen LogP contribution in [-0.4, -0.2) is 21.5 Å². The van der Waals surface area contributed by atoms with Crippen LogP contribution in [0.2, 0.25) is 5.02 Å². The summed E-state index contributed by atoms with van der Waals surface area (Å²) in [6.45, 7) is 2.83. The van der Waals surface area contributed by atoms with Gasteiger partial charge >= 0.3 is 0 Å². The Labute approximate surface area is 133 Å². The minimum atomic E-state index is 0.116. The van der Waals surface area contributed by atoms with Gasteiger partial charge in [-0.05, 0) is 25.8 Å². The summed E-state index contributed by atoms with van der Waals surface area (Å²) in [4.78, 5) is 17.7. The highest BCUT2D eigenvalue weighted by atomic mass is 35.5. The normalized spacial score (nSPS) is 17.5. The SMILES string of the molecule is Cc1cn2c(n1)CC[C@H](NC(=O)CCc1cc(Cl)cs1)C2. The van der Waals surface area contributed by atoms with Crippen LogP contribution in [0.15, 0.2) is 17.6 Å². The number of nitrogens with zero attached hydrogens (tertiary/aromatic N) is 2. The van der Waals surface area contributed by atoms with Gasteiger partial charge in [0.25, 0.3) is 0 Å². The molecule has 2 aromatic heterocycles. The van der Waals surface area contributed by atoms with Crippen LogP contribution in [0, 0.1) is 6.92 Å². The molecule has 0 unspecified atom stereocenters. The smallest absolute Gasteiger partial charge is 0.220 e. The van der Waals surface area contributed by atoms with Crippen molar-refractivity contribution in [3.63, 3.8) is 0 Å². The van der Waals surface area contributed by atoms with Gasteiger partial charge in [0.1, 0.15) is 5.82 Å². The Morgan fingerprint density at radius 1 is 1.62 bits per heavy atom. The Balaban J connectivity index is 1.49. The maximum atomic E-state index is 12.0. The van der Waals surface area contributed by atoms with E-state index in [1.165, 1.54) is 0 Å². The largest absolute Gasteiger partial charge is 0.352 e. The van der Waals surface area contributed by atoms with Crippen LogP contribution in [-0.2, 0) is 24.2 Å². The van der Waals surface area contributed by atoms with E-state index < -0.39 is 0 Å². The van der Waals surface area contributed by atoms with Gasteiger partial charge in [0.2, 0.25) is 5.91 Å². The van der Waals surface area contributed by atoms with E-state index >= 15 is 0 Å². The molecule has 1 amide bonds. The number of rotatable bonds is 4. The van der Waals surface area contributed by atoms with Gasteiger partial charge < -0.3 is 9.88 Å². The summed E-state index contributed by atoms with van der Waals surface area (Å²) in [6.07, 6.45) is 5.22. The lowest BCUT2D eigenvalue weighted by molar-refractivity contribution is -0.121. The summed E-state index contributed by atoms with van der Waals surface area (Å²) in [6, 6.07) is 2.14. The molecule has 0 fully saturated rings. The number of carbonyl (C=O) groups is 1. The molecular formula is C15H18ClN3OS. The van der Waals surface area contributed by atoms with E-state index in [0.717, 1.165) is 47.2 Å². The molecule has 0 spiro atoms. The maximum Gasteiger partial charge on any atom is 0.220 e. The van der Waals surface area contributed by atoms with E-state index in [2.05, 4.69) is 21.1 Å². The van der Waals surface area contributed by atoms with Crippen molar-refractivity contribution in [2.24, 2.45) is 0 Å². The second-order valence-electron chi connectivity index (χ2n) is 5.49.